The van der Waals surface area contributed by atoms with Crippen LogP contribution in [0.5, 0.6) is 0 Å². The van der Waals surface area contributed by atoms with Gasteiger partial charge in [-0.1, -0.05) is 23.9 Å². The van der Waals surface area contributed by atoms with E-state index < -0.39 is 5.91 Å². The molecule has 0 aliphatic carbocycles. The van der Waals surface area contributed by atoms with E-state index in [-0.39, 0.29) is 40.9 Å². The molecule has 0 radical (unpaired) electrons. The third kappa shape index (κ3) is 5.68. The minimum Gasteiger partial charge on any atom is -0.459 e. The van der Waals surface area contributed by atoms with Crippen LogP contribution in [0.3, 0.4) is 0 Å². The van der Waals surface area contributed by atoms with E-state index in [0.29, 0.717) is 6.54 Å². The molecular weight excluding hydrogens is 375 g/mol. The topological polar surface area (TPSA) is 110 Å². The molecule has 0 aliphatic rings. The van der Waals surface area contributed by atoms with Crippen LogP contribution in [-0.4, -0.2) is 27.8 Å². The van der Waals surface area contributed by atoms with E-state index in [9.17, 15) is 14.0 Å². The molecule has 0 saturated heterocycles. The molecule has 2 amide bonds. The Balaban J connectivity index is 1.39. The number of aromatic nitrogens is 2. The molecular formula is C17H15FN4O4S. The van der Waals surface area contributed by atoms with Crippen molar-refractivity contribution >= 4 is 23.6 Å². The maximum absolute atomic E-state index is 12.8. The van der Waals surface area contributed by atoms with E-state index in [1.54, 1.807) is 18.2 Å². The van der Waals surface area contributed by atoms with Crippen molar-refractivity contribution in [2.24, 2.45) is 0 Å². The lowest BCUT2D eigenvalue weighted by Gasteiger charge is -2.04. The van der Waals surface area contributed by atoms with Gasteiger partial charge in [0.1, 0.15) is 5.82 Å². The summed E-state index contributed by atoms with van der Waals surface area (Å²) in [5.74, 6) is -0.469. The maximum atomic E-state index is 12.8. The van der Waals surface area contributed by atoms with Gasteiger partial charge in [0.05, 0.1) is 18.6 Å². The first-order valence-electron chi connectivity index (χ1n) is 7.88. The summed E-state index contributed by atoms with van der Waals surface area (Å²) in [6.45, 7) is 0.345. The van der Waals surface area contributed by atoms with Crippen LogP contribution < -0.4 is 10.6 Å². The van der Waals surface area contributed by atoms with Gasteiger partial charge in [-0.2, -0.15) is 0 Å². The average Bonchev–Trinajstić information content (AvgIpc) is 3.36. The van der Waals surface area contributed by atoms with Gasteiger partial charge in [-0.15, -0.1) is 10.2 Å². The van der Waals surface area contributed by atoms with Gasteiger partial charge >= 0.3 is 0 Å². The van der Waals surface area contributed by atoms with E-state index in [1.807, 2.05) is 0 Å². The van der Waals surface area contributed by atoms with Crippen molar-refractivity contribution < 1.29 is 22.8 Å². The fourth-order valence-corrected chi connectivity index (χ4v) is 2.61. The molecule has 0 aliphatic heterocycles. The van der Waals surface area contributed by atoms with E-state index >= 15 is 0 Å². The zero-order valence-electron chi connectivity index (χ0n) is 14.0. The number of rotatable bonds is 8. The van der Waals surface area contributed by atoms with Gasteiger partial charge in [-0.3, -0.25) is 9.59 Å². The van der Waals surface area contributed by atoms with E-state index in [1.165, 1.54) is 24.5 Å². The number of hydrogen-bond acceptors (Lipinski definition) is 7. The molecule has 3 rings (SSSR count). The van der Waals surface area contributed by atoms with Crippen LogP contribution in [0.25, 0.3) is 0 Å². The van der Waals surface area contributed by atoms with Gasteiger partial charge in [0.15, 0.2) is 5.76 Å². The predicted molar refractivity (Wildman–Crippen MR) is 93.1 cm³/mol. The summed E-state index contributed by atoms with van der Waals surface area (Å²) in [6.07, 6.45) is 1.40. The molecule has 0 atom stereocenters. The highest BCUT2D eigenvalue weighted by atomic mass is 32.2. The van der Waals surface area contributed by atoms with E-state index in [4.69, 9.17) is 8.83 Å². The molecule has 1 aromatic carbocycles. The Morgan fingerprint density at radius 3 is 2.63 bits per heavy atom. The number of carbonyl (C=O) groups is 2. The van der Waals surface area contributed by atoms with Crippen molar-refractivity contribution in [2.75, 3.05) is 5.75 Å². The number of nitrogens with zero attached hydrogens (tertiary/aromatic N) is 2. The number of amides is 2. The number of nitrogens with one attached hydrogen (secondary N) is 2. The minimum absolute atomic E-state index is 0.0455. The highest BCUT2D eigenvalue weighted by molar-refractivity contribution is 7.99. The number of furan rings is 1. The number of benzene rings is 1. The average molecular weight is 390 g/mol. The molecule has 0 fully saturated rings. The second-order valence-corrected chi connectivity index (χ2v) is 6.24. The molecule has 0 bridgehead atoms. The molecule has 2 heterocycles. The summed E-state index contributed by atoms with van der Waals surface area (Å²) in [4.78, 5) is 23.6. The van der Waals surface area contributed by atoms with Gasteiger partial charge < -0.3 is 19.5 Å². The van der Waals surface area contributed by atoms with Gasteiger partial charge in [0, 0.05) is 6.54 Å². The maximum Gasteiger partial charge on any atom is 0.287 e. The molecule has 0 spiro atoms. The first-order valence-corrected chi connectivity index (χ1v) is 8.87. The summed E-state index contributed by atoms with van der Waals surface area (Å²) < 4.78 is 23.1. The molecule has 10 heteroatoms. The Labute approximate surface area is 157 Å². The van der Waals surface area contributed by atoms with Gasteiger partial charge in [-0.25, -0.2) is 4.39 Å². The van der Waals surface area contributed by atoms with Crippen molar-refractivity contribution in [3.05, 3.63) is 65.7 Å². The lowest BCUT2D eigenvalue weighted by molar-refractivity contribution is -0.118. The summed E-state index contributed by atoms with van der Waals surface area (Å²) in [6, 6.07) is 9.02. The monoisotopic (exact) mass is 390 g/mol. The molecule has 0 saturated carbocycles. The number of hydrogen-bond donors (Lipinski definition) is 2. The predicted octanol–water partition coefficient (Wildman–Crippen LogP) is 2.14. The Bertz CT molecular complexity index is 896. The van der Waals surface area contributed by atoms with Crippen LogP contribution in [0.2, 0.25) is 0 Å². The van der Waals surface area contributed by atoms with Crippen LogP contribution in [0.15, 0.2) is 56.7 Å². The molecule has 2 N–H and O–H groups in total. The largest absolute Gasteiger partial charge is 0.459 e. The standard InChI is InChI=1S/C17H15FN4O4S/c18-12-5-3-11(4-6-12)8-19-14(23)10-27-17-22-21-15(26-17)9-20-16(24)13-2-1-7-25-13/h1-7H,8-10H2,(H,19,23)(H,20,24). The zero-order valence-corrected chi connectivity index (χ0v) is 14.8. The molecule has 0 unspecified atom stereocenters. The quantitative estimate of drug-likeness (QED) is 0.567. The first-order chi connectivity index (χ1) is 13.1. The molecule has 3 aromatic rings. The van der Waals surface area contributed by atoms with Crippen molar-refractivity contribution in [3.8, 4) is 0 Å². The zero-order chi connectivity index (χ0) is 19.1. The lowest BCUT2D eigenvalue weighted by atomic mass is 10.2. The number of halogens is 1. The molecule has 8 nitrogen and oxygen atoms in total. The Morgan fingerprint density at radius 2 is 1.89 bits per heavy atom. The second-order valence-electron chi connectivity index (χ2n) is 5.31. The van der Waals surface area contributed by atoms with Crippen LogP contribution in [0, 0.1) is 5.82 Å². The highest BCUT2D eigenvalue weighted by Crippen LogP contribution is 2.15. The van der Waals surface area contributed by atoms with Crippen LogP contribution >= 0.6 is 11.8 Å². The van der Waals surface area contributed by atoms with Crippen molar-refractivity contribution in [1.29, 1.82) is 0 Å². The molecule has 27 heavy (non-hydrogen) atoms. The fraction of sp³-hybridized carbons (Fsp3) is 0.176. The molecule has 140 valence electrons. The van der Waals surface area contributed by atoms with Gasteiger partial charge in [0.2, 0.25) is 11.8 Å². The van der Waals surface area contributed by atoms with Crippen LogP contribution in [-0.2, 0) is 17.9 Å². The summed E-state index contributed by atoms with van der Waals surface area (Å²) in [5.41, 5.74) is 0.794. The smallest absolute Gasteiger partial charge is 0.287 e. The SMILES string of the molecule is O=C(CSc1nnc(CNC(=O)c2ccco2)o1)NCc1ccc(F)cc1. The van der Waals surface area contributed by atoms with Crippen molar-refractivity contribution in [3.63, 3.8) is 0 Å². The fourth-order valence-electron chi connectivity index (χ4n) is 2.00. The van der Waals surface area contributed by atoms with Crippen LogP contribution in [0.1, 0.15) is 22.0 Å². The number of thioether (sulfide) groups is 1. The molecule has 2 aromatic heterocycles. The Morgan fingerprint density at radius 1 is 1.07 bits per heavy atom. The van der Waals surface area contributed by atoms with E-state index in [2.05, 4.69) is 20.8 Å². The normalized spacial score (nSPS) is 10.6. The van der Waals surface area contributed by atoms with Gasteiger partial charge in [-0.05, 0) is 29.8 Å². The third-order valence-electron chi connectivity index (χ3n) is 3.32. The van der Waals surface area contributed by atoms with Crippen molar-refractivity contribution in [1.82, 2.24) is 20.8 Å². The number of carbonyl (C=O) groups excluding carboxylic acids is 2. The minimum atomic E-state index is -0.396. The summed E-state index contributed by atoms with van der Waals surface area (Å²) in [5, 5.41) is 13.1. The summed E-state index contributed by atoms with van der Waals surface area (Å²) >= 11 is 1.08. The first kappa shape index (κ1) is 18.6. The lowest BCUT2D eigenvalue weighted by Crippen LogP contribution is -2.24. The third-order valence-corrected chi connectivity index (χ3v) is 4.14. The van der Waals surface area contributed by atoms with Crippen LogP contribution in [0.4, 0.5) is 4.39 Å². The van der Waals surface area contributed by atoms with E-state index in [0.717, 1.165) is 17.3 Å². The van der Waals surface area contributed by atoms with Crippen molar-refractivity contribution in [2.45, 2.75) is 18.3 Å². The highest BCUT2D eigenvalue weighted by Gasteiger charge is 2.12. The second kappa shape index (κ2) is 8.99. The van der Waals surface area contributed by atoms with Gasteiger partial charge in [0.25, 0.3) is 11.1 Å². The Kier molecular flexibility index (Phi) is 6.21. The summed E-state index contributed by atoms with van der Waals surface area (Å²) in [7, 11) is 0. The Hall–Kier alpha value is -3.14.